The van der Waals surface area contributed by atoms with Crippen molar-refractivity contribution in [1.29, 1.82) is 0 Å². The van der Waals surface area contributed by atoms with Gasteiger partial charge in [0, 0.05) is 17.7 Å². The largest absolute Gasteiger partial charge is 0.497 e. The van der Waals surface area contributed by atoms with Crippen LogP contribution in [-0.2, 0) is 4.79 Å². The highest BCUT2D eigenvalue weighted by atomic mass is 32.2. The van der Waals surface area contributed by atoms with Crippen LogP contribution in [0.1, 0.15) is 5.56 Å². The summed E-state index contributed by atoms with van der Waals surface area (Å²) in [6, 6.07) is 9.30. The van der Waals surface area contributed by atoms with Crippen molar-refractivity contribution in [1.82, 2.24) is 15.2 Å². The van der Waals surface area contributed by atoms with Crippen LogP contribution >= 0.6 is 11.8 Å². The number of aliphatic carboxylic acids is 1. The minimum Gasteiger partial charge on any atom is -0.497 e. The number of nitrogens with zero attached hydrogens (tertiary/aromatic N) is 3. The topological polar surface area (TPSA) is 150 Å². The third-order valence-electron chi connectivity index (χ3n) is 4.20. The van der Waals surface area contributed by atoms with Gasteiger partial charge in [0.25, 0.3) is 0 Å². The van der Waals surface area contributed by atoms with Crippen molar-refractivity contribution in [2.24, 2.45) is 0 Å². The molecule has 0 spiro atoms. The fourth-order valence-electron chi connectivity index (χ4n) is 2.69. The molecule has 0 radical (unpaired) electrons. The van der Waals surface area contributed by atoms with E-state index in [-0.39, 0.29) is 21.5 Å². The molecule has 0 aliphatic rings. The molecule has 0 bridgehead atoms. The Morgan fingerprint density at radius 1 is 1.12 bits per heavy atom. The number of aromatic amines is 1. The summed E-state index contributed by atoms with van der Waals surface area (Å²) in [6.45, 7) is 0. The third-order valence-corrected chi connectivity index (χ3v) is 5.08. The number of carbonyl (C=O) groups is 1. The van der Waals surface area contributed by atoms with Gasteiger partial charge < -0.3 is 19.3 Å². The van der Waals surface area contributed by atoms with Gasteiger partial charge in [-0.3, -0.25) is 15.2 Å². The Labute approximate surface area is 186 Å². The first kappa shape index (κ1) is 22.6. The van der Waals surface area contributed by atoms with E-state index in [4.69, 9.17) is 14.2 Å². The van der Waals surface area contributed by atoms with E-state index < -0.39 is 10.9 Å². The maximum Gasteiger partial charge on any atom is 0.342 e. The van der Waals surface area contributed by atoms with Gasteiger partial charge in [0.1, 0.15) is 16.4 Å². The molecule has 166 valence electrons. The maximum atomic E-state index is 11.7. The molecule has 3 rings (SSSR count). The van der Waals surface area contributed by atoms with Gasteiger partial charge in [-0.05, 0) is 41.6 Å². The standard InChI is InChI=1S/C20H18N4O7S/c1-29-13-8-12(9-14(10-13)30-2)18-21-20(23-22-18)32-17(19(25)26)7-11-4-5-16(31-3)15(6-11)24(27)28/h4-10H,1-3H3,(H,25,26)(H,21,22,23)/b17-7-. The predicted octanol–water partition coefficient (Wildman–Crippen LogP) is 3.62. The van der Waals surface area contributed by atoms with Gasteiger partial charge in [0.15, 0.2) is 11.6 Å². The Kier molecular flexibility index (Phi) is 6.95. The quantitative estimate of drug-likeness (QED) is 0.211. The number of methoxy groups -OCH3 is 3. The highest BCUT2D eigenvalue weighted by Crippen LogP contribution is 2.33. The number of nitrogens with one attached hydrogen (secondary N) is 1. The molecule has 0 amide bonds. The van der Waals surface area contributed by atoms with E-state index in [9.17, 15) is 20.0 Å². The lowest BCUT2D eigenvalue weighted by Crippen LogP contribution is -1.98. The lowest BCUT2D eigenvalue weighted by Gasteiger charge is -2.06. The van der Waals surface area contributed by atoms with Crippen LogP contribution in [0, 0.1) is 10.1 Å². The third kappa shape index (κ3) is 5.16. The van der Waals surface area contributed by atoms with Gasteiger partial charge in [0.2, 0.25) is 5.16 Å². The van der Waals surface area contributed by atoms with E-state index in [1.165, 1.54) is 45.6 Å². The summed E-state index contributed by atoms with van der Waals surface area (Å²) in [5, 5.41) is 27.8. The molecule has 0 atom stereocenters. The summed E-state index contributed by atoms with van der Waals surface area (Å²) in [6.07, 6.45) is 1.30. The van der Waals surface area contributed by atoms with E-state index in [1.54, 1.807) is 18.2 Å². The average molecular weight is 458 g/mol. The van der Waals surface area contributed by atoms with E-state index in [1.807, 2.05) is 0 Å². The van der Waals surface area contributed by atoms with E-state index >= 15 is 0 Å². The van der Waals surface area contributed by atoms with Crippen molar-refractivity contribution < 1.29 is 29.0 Å². The second kappa shape index (κ2) is 9.83. The Balaban J connectivity index is 1.90. The molecule has 0 fully saturated rings. The first-order valence-electron chi connectivity index (χ1n) is 8.95. The number of aromatic nitrogens is 3. The Bertz CT molecular complexity index is 1170. The van der Waals surface area contributed by atoms with Crippen molar-refractivity contribution in [2.45, 2.75) is 5.16 Å². The highest BCUT2D eigenvalue weighted by Gasteiger charge is 2.18. The normalized spacial score (nSPS) is 11.2. The lowest BCUT2D eigenvalue weighted by molar-refractivity contribution is -0.385. The molecule has 0 saturated heterocycles. The van der Waals surface area contributed by atoms with Crippen molar-refractivity contribution in [2.75, 3.05) is 21.3 Å². The number of nitro groups is 1. The van der Waals surface area contributed by atoms with Crippen molar-refractivity contribution in [3.8, 4) is 28.6 Å². The number of carboxylic acids is 1. The number of nitro benzene ring substituents is 1. The monoisotopic (exact) mass is 458 g/mol. The van der Waals surface area contributed by atoms with Crippen LogP contribution in [-0.4, -0.2) is 52.5 Å². The molecular weight excluding hydrogens is 440 g/mol. The summed E-state index contributed by atoms with van der Waals surface area (Å²) in [5.41, 5.74) is 0.672. The number of carboxylic acid groups (broad SMARTS) is 1. The van der Waals surface area contributed by atoms with Crippen LogP contribution in [0.5, 0.6) is 17.2 Å². The average Bonchev–Trinajstić information content (AvgIpc) is 3.26. The Morgan fingerprint density at radius 2 is 1.81 bits per heavy atom. The molecule has 0 aliphatic heterocycles. The fraction of sp³-hybridized carbons (Fsp3) is 0.150. The molecule has 2 N–H and O–H groups in total. The van der Waals surface area contributed by atoms with Crippen LogP contribution in [0.25, 0.3) is 17.5 Å². The zero-order valence-corrected chi connectivity index (χ0v) is 18.0. The second-order valence-electron chi connectivity index (χ2n) is 6.17. The fourth-order valence-corrected chi connectivity index (χ4v) is 3.40. The molecule has 32 heavy (non-hydrogen) atoms. The number of H-pyrrole nitrogens is 1. The van der Waals surface area contributed by atoms with Crippen molar-refractivity contribution >= 4 is 29.5 Å². The van der Waals surface area contributed by atoms with Gasteiger partial charge in [-0.1, -0.05) is 6.07 Å². The highest BCUT2D eigenvalue weighted by molar-refractivity contribution is 8.04. The summed E-state index contributed by atoms with van der Waals surface area (Å²) in [7, 11) is 4.36. The van der Waals surface area contributed by atoms with Gasteiger partial charge in [0.05, 0.1) is 26.3 Å². The van der Waals surface area contributed by atoms with Crippen molar-refractivity contribution in [3.63, 3.8) is 0 Å². The number of rotatable bonds is 9. The summed E-state index contributed by atoms with van der Waals surface area (Å²) in [5.74, 6) is 0.329. The lowest BCUT2D eigenvalue weighted by atomic mass is 10.1. The van der Waals surface area contributed by atoms with Gasteiger partial charge in [-0.25, -0.2) is 9.78 Å². The zero-order valence-electron chi connectivity index (χ0n) is 17.2. The van der Waals surface area contributed by atoms with Crippen LogP contribution in [0.2, 0.25) is 0 Å². The van der Waals surface area contributed by atoms with Crippen LogP contribution in [0.3, 0.4) is 0 Å². The first-order valence-corrected chi connectivity index (χ1v) is 9.77. The molecule has 1 heterocycles. The summed E-state index contributed by atoms with van der Waals surface area (Å²) in [4.78, 5) is 26.6. The van der Waals surface area contributed by atoms with Gasteiger partial charge in [-0.15, -0.1) is 5.10 Å². The summed E-state index contributed by atoms with van der Waals surface area (Å²) < 4.78 is 15.4. The number of benzene rings is 2. The summed E-state index contributed by atoms with van der Waals surface area (Å²) >= 11 is 0.796. The number of hydrogen-bond acceptors (Lipinski definition) is 9. The van der Waals surface area contributed by atoms with Gasteiger partial charge in [-0.2, -0.15) is 0 Å². The molecule has 11 nitrogen and oxygen atoms in total. The number of hydrogen-bond donors (Lipinski definition) is 2. The molecule has 0 aliphatic carbocycles. The predicted molar refractivity (Wildman–Crippen MR) is 116 cm³/mol. The maximum absolute atomic E-state index is 11.7. The molecule has 1 aromatic heterocycles. The minimum absolute atomic E-state index is 0.0732. The molecule has 0 unspecified atom stereocenters. The Hall–Kier alpha value is -4.06. The number of ether oxygens (including phenoxy) is 3. The Morgan fingerprint density at radius 3 is 2.38 bits per heavy atom. The molecule has 12 heteroatoms. The SMILES string of the molecule is COc1cc(OC)cc(-c2nc(S/C(=C\c3ccc(OC)c([N+](=O)[O-])c3)C(=O)O)n[nH]2)c1. The molecule has 3 aromatic rings. The molecule has 0 saturated carbocycles. The molecule has 2 aromatic carbocycles. The van der Waals surface area contributed by atoms with Gasteiger partial charge >= 0.3 is 11.7 Å². The zero-order chi connectivity index (χ0) is 23.3. The van der Waals surface area contributed by atoms with Crippen molar-refractivity contribution in [3.05, 3.63) is 57.0 Å². The first-order chi connectivity index (χ1) is 15.3. The smallest absolute Gasteiger partial charge is 0.342 e. The second-order valence-corrected chi connectivity index (χ2v) is 7.18. The van der Waals surface area contributed by atoms with E-state index in [2.05, 4.69) is 15.2 Å². The molecular formula is C20H18N4O7S. The minimum atomic E-state index is -1.23. The van der Waals surface area contributed by atoms with E-state index in [0.717, 1.165) is 11.8 Å². The van der Waals surface area contributed by atoms with E-state index in [0.29, 0.717) is 28.5 Å². The number of thioether (sulfide) groups is 1. The van der Waals surface area contributed by atoms with Crippen LogP contribution in [0.4, 0.5) is 5.69 Å². The van der Waals surface area contributed by atoms with Crippen LogP contribution in [0.15, 0.2) is 46.5 Å². The van der Waals surface area contributed by atoms with Crippen LogP contribution < -0.4 is 14.2 Å².